The Hall–Kier alpha value is -3.52. The predicted molar refractivity (Wildman–Crippen MR) is 99.1 cm³/mol. The van der Waals surface area contributed by atoms with Crippen molar-refractivity contribution in [3.63, 3.8) is 0 Å². The van der Waals surface area contributed by atoms with E-state index in [0.29, 0.717) is 51.4 Å². The summed E-state index contributed by atoms with van der Waals surface area (Å²) < 4.78 is 0. The van der Waals surface area contributed by atoms with Crippen LogP contribution in [-0.2, 0) is 0 Å². The third kappa shape index (κ3) is 13.5. The van der Waals surface area contributed by atoms with Crippen LogP contribution in [-0.4, -0.2) is 0 Å². The van der Waals surface area contributed by atoms with Gasteiger partial charge in [-0.1, -0.05) is 47.4 Å². The fraction of sp³-hybridized carbons (Fsp3) is 0.333. The lowest BCUT2D eigenvalue weighted by Gasteiger charge is -1.78. The van der Waals surface area contributed by atoms with E-state index in [-0.39, 0.29) is 0 Å². The Morgan fingerprint density at radius 2 is 0.333 bits per heavy atom. The Morgan fingerprint density at radius 3 is 0.458 bits per heavy atom. The molecule has 0 aromatic heterocycles. The van der Waals surface area contributed by atoms with Crippen molar-refractivity contribution >= 4 is 0 Å². The third-order valence-corrected chi connectivity index (χ3v) is 2.46. The van der Waals surface area contributed by atoms with Gasteiger partial charge < -0.3 is 0 Å². The monoisotopic (exact) mass is 304 g/mol. The molecule has 1 aliphatic rings. The lowest BCUT2D eigenvalue weighted by Crippen LogP contribution is -1.69. The van der Waals surface area contributed by atoms with E-state index in [1.807, 2.05) is 0 Å². The van der Waals surface area contributed by atoms with E-state index < -0.39 is 0 Å². The molecule has 0 atom stereocenters. The van der Waals surface area contributed by atoms with Gasteiger partial charge in [0.1, 0.15) is 0 Å². The first kappa shape index (κ1) is 18.5. The molecule has 0 saturated heterocycles. The number of hydrogen-bond acceptors (Lipinski definition) is 0. The summed E-state index contributed by atoms with van der Waals surface area (Å²) in [4.78, 5) is 0. The van der Waals surface area contributed by atoms with Gasteiger partial charge >= 0.3 is 0 Å². The first-order valence-electron chi connectivity index (χ1n) is 7.83. The highest BCUT2D eigenvalue weighted by atomic mass is 13.8. The number of rotatable bonds is 0. The Labute approximate surface area is 146 Å². The summed E-state index contributed by atoms with van der Waals surface area (Å²) in [6.07, 6.45) is 5.69. The summed E-state index contributed by atoms with van der Waals surface area (Å²) in [7, 11) is 0. The summed E-state index contributed by atoms with van der Waals surface area (Å²) in [6, 6.07) is 0. The van der Waals surface area contributed by atoms with E-state index in [4.69, 9.17) is 0 Å². The number of hydrogen-bond donors (Lipinski definition) is 0. The second-order valence-electron chi connectivity index (χ2n) is 4.41. The van der Waals surface area contributed by atoms with E-state index in [9.17, 15) is 0 Å². The van der Waals surface area contributed by atoms with Gasteiger partial charge in [0.2, 0.25) is 0 Å². The molecule has 24 heavy (non-hydrogen) atoms. The smallest absolute Gasteiger partial charge is 0.0209 e. The van der Waals surface area contributed by atoms with Crippen LogP contribution in [0, 0.1) is 94.7 Å². The van der Waals surface area contributed by atoms with Crippen LogP contribution in [0.2, 0.25) is 0 Å². The highest BCUT2D eigenvalue weighted by molar-refractivity contribution is 5.30. The molecule has 112 valence electrons. The average Bonchev–Trinajstić information content (AvgIpc) is 2.59. The summed E-state index contributed by atoms with van der Waals surface area (Å²) in [6.45, 7) is 0. The predicted octanol–water partition coefficient (Wildman–Crippen LogP) is 3.15. The van der Waals surface area contributed by atoms with Gasteiger partial charge in [-0.05, 0) is 47.4 Å². The van der Waals surface area contributed by atoms with Crippen molar-refractivity contribution in [3.05, 3.63) is 0 Å². The molecule has 0 fully saturated rings. The molecule has 0 aliphatic heterocycles. The molecule has 0 unspecified atom stereocenters. The van der Waals surface area contributed by atoms with Crippen molar-refractivity contribution in [1.29, 1.82) is 0 Å². The largest absolute Gasteiger partial charge is 0.0881 e. The van der Waals surface area contributed by atoms with E-state index in [1.165, 1.54) is 0 Å². The maximum absolute atomic E-state index is 2.97. The van der Waals surface area contributed by atoms with Gasteiger partial charge in [0.25, 0.3) is 0 Å². The summed E-state index contributed by atoms with van der Waals surface area (Å²) >= 11 is 0. The Morgan fingerprint density at radius 1 is 0.208 bits per heavy atom. The van der Waals surface area contributed by atoms with Crippen molar-refractivity contribution in [2.24, 2.45) is 0 Å². The Kier molecular flexibility index (Phi) is 12.2. The average molecular weight is 304 g/mol. The molecule has 0 heteroatoms. The van der Waals surface area contributed by atoms with E-state index >= 15 is 0 Å². The van der Waals surface area contributed by atoms with Crippen LogP contribution < -0.4 is 0 Å². The van der Waals surface area contributed by atoms with Gasteiger partial charge in [-0.15, -0.1) is 0 Å². The maximum atomic E-state index is 2.97. The third-order valence-electron chi connectivity index (χ3n) is 2.46. The van der Waals surface area contributed by atoms with Gasteiger partial charge in [-0.25, -0.2) is 0 Å². The second-order valence-corrected chi connectivity index (χ2v) is 4.41. The molecular weight excluding hydrogens is 288 g/mol. The van der Waals surface area contributed by atoms with Crippen molar-refractivity contribution < 1.29 is 0 Å². The quantitative estimate of drug-likeness (QED) is 0.603. The Balaban J connectivity index is 2.57. The van der Waals surface area contributed by atoms with Gasteiger partial charge in [0, 0.05) is 51.4 Å². The summed E-state index contributed by atoms with van der Waals surface area (Å²) in [5.74, 6) is 46.3. The van der Waals surface area contributed by atoms with Gasteiger partial charge in [-0.3, -0.25) is 0 Å². The van der Waals surface area contributed by atoms with Crippen LogP contribution >= 0.6 is 0 Å². The second kappa shape index (κ2) is 15.9. The van der Waals surface area contributed by atoms with E-state index in [1.54, 1.807) is 0 Å². The molecule has 0 spiro atoms. The van der Waals surface area contributed by atoms with Gasteiger partial charge in [0.05, 0.1) is 0 Å². The highest BCUT2D eigenvalue weighted by Crippen LogP contribution is 1.86. The zero-order valence-electron chi connectivity index (χ0n) is 13.7. The molecule has 1 aliphatic carbocycles. The zero-order chi connectivity index (χ0) is 17.0. The first-order valence-corrected chi connectivity index (χ1v) is 7.83. The maximum Gasteiger partial charge on any atom is 0.0209 e. The van der Waals surface area contributed by atoms with Crippen molar-refractivity contribution in [2.45, 2.75) is 51.4 Å². The van der Waals surface area contributed by atoms with Crippen LogP contribution in [0.15, 0.2) is 0 Å². The van der Waals surface area contributed by atoms with Crippen LogP contribution in [0.5, 0.6) is 0 Å². The molecule has 0 aromatic carbocycles. The molecule has 1 rings (SSSR count). The molecule has 0 aromatic rings. The molecule has 0 nitrogen and oxygen atoms in total. The standard InChI is InChI=1S/C24H16/c1-2-4-6-8-10-12-14-16-18-20-22-24-23-21-19-17-15-13-11-9-7-5-3-1/h1-2,11-14,23-24H2. The minimum Gasteiger partial charge on any atom is -0.0881 e. The fourth-order valence-corrected chi connectivity index (χ4v) is 1.35. The first-order chi connectivity index (χ1) is 12.0. The van der Waals surface area contributed by atoms with Gasteiger partial charge in [-0.2, -0.15) is 0 Å². The lowest BCUT2D eigenvalue weighted by atomic mass is 10.3. The van der Waals surface area contributed by atoms with Crippen LogP contribution in [0.25, 0.3) is 0 Å². The molecule has 0 N–H and O–H groups in total. The van der Waals surface area contributed by atoms with E-state index in [2.05, 4.69) is 94.7 Å². The summed E-state index contributed by atoms with van der Waals surface area (Å²) in [5, 5.41) is 0. The normalized spacial score (nSPS) is 13.3. The Bertz CT molecular complexity index is 657. The minimum absolute atomic E-state index is 0.711. The molecular formula is C24H16. The van der Waals surface area contributed by atoms with Crippen LogP contribution in [0.4, 0.5) is 0 Å². The minimum atomic E-state index is 0.711. The topological polar surface area (TPSA) is 0 Å². The SMILES string of the molecule is C1#CCCC#CC#CCCC#CC#CCCC#CC#CCCC#C1. The molecule has 0 radical (unpaired) electrons. The van der Waals surface area contributed by atoms with E-state index in [0.717, 1.165) is 0 Å². The molecule has 0 saturated carbocycles. The molecule has 0 bridgehead atoms. The molecule has 0 heterocycles. The molecule has 0 amide bonds. The van der Waals surface area contributed by atoms with Crippen molar-refractivity contribution in [2.75, 3.05) is 0 Å². The summed E-state index contributed by atoms with van der Waals surface area (Å²) in [5.41, 5.74) is 0. The zero-order valence-corrected chi connectivity index (χ0v) is 13.7. The van der Waals surface area contributed by atoms with Crippen molar-refractivity contribution in [3.8, 4) is 94.7 Å². The van der Waals surface area contributed by atoms with Gasteiger partial charge in [0.15, 0.2) is 0 Å². The van der Waals surface area contributed by atoms with Crippen LogP contribution in [0.3, 0.4) is 0 Å². The highest BCUT2D eigenvalue weighted by Gasteiger charge is 1.76. The lowest BCUT2D eigenvalue weighted by molar-refractivity contribution is 1.12. The van der Waals surface area contributed by atoms with Crippen molar-refractivity contribution in [1.82, 2.24) is 0 Å². The van der Waals surface area contributed by atoms with Crippen LogP contribution in [0.1, 0.15) is 51.4 Å². The fourth-order valence-electron chi connectivity index (χ4n) is 1.35.